The van der Waals surface area contributed by atoms with Gasteiger partial charge >= 0.3 is 6.18 Å². The molecule has 1 aliphatic heterocycles. The van der Waals surface area contributed by atoms with Crippen LogP contribution in [0.5, 0.6) is 0 Å². The Bertz CT molecular complexity index is 1010. The van der Waals surface area contributed by atoms with E-state index < -0.39 is 27.7 Å². The Morgan fingerprint density at radius 3 is 2.34 bits per heavy atom. The second-order valence-electron chi connectivity index (χ2n) is 6.94. The molecular weight excluding hydrogens is 405 g/mol. The van der Waals surface area contributed by atoms with Crippen LogP contribution in [0.2, 0.25) is 0 Å². The van der Waals surface area contributed by atoms with Crippen molar-refractivity contribution in [2.45, 2.75) is 37.3 Å². The Labute approximate surface area is 167 Å². The molecule has 0 aliphatic carbocycles. The molecule has 0 radical (unpaired) electrons. The third-order valence-electron chi connectivity index (χ3n) is 4.89. The number of sulfonamides is 1. The Hall–Kier alpha value is -2.39. The number of para-hydroxylation sites is 1. The highest BCUT2D eigenvalue weighted by molar-refractivity contribution is 7.89. The molecule has 1 saturated heterocycles. The van der Waals surface area contributed by atoms with Gasteiger partial charge in [0.25, 0.3) is 5.91 Å². The second kappa shape index (κ2) is 8.16. The van der Waals surface area contributed by atoms with Crippen molar-refractivity contribution in [3.8, 4) is 0 Å². The molecule has 2 aromatic rings. The summed E-state index contributed by atoms with van der Waals surface area (Å²) in [6.45, 7) is 2.43. The second-order valence-corrected chi connectivity index (χ2v) is 8.88. The number of nitrogens with zero attached hydrogens (tertiary/aromatic N) is 1. The number of rotatable bonds is 4. The fourth-order valence-corrected chi connectivity index (χ4v) is 4.83. The largest absolute Gasteiger partial charge is 0.418 e. The van der Waals surface area contributed by atoms with Crippen LogP contribution in [0.15, 0.2) is 47.4 Å². The van der Waals surface area contributed by atoms with Crippen molar-refractivity contribution in [3.05, 3.63) is 59.2 Å². The maximum Gasteiger partial charge on any atom is 0.418 e. The highest BCUT2D eigenvalue weighted by Gasteiger charge is 2.34. The van der Waals surface area contributed by atoms with Gasteiger partial charge in [-0.05, 0) is 49.6 Å². The van der Waals surface area contributed by atoms with Gasteiger partial charge in [0.05, 0.1) is 16.1 Å². The first kappa shape index (κ1) is 21.3. The first-order valence-corrected chi connectivity index (χ1v) is 10.6. The number of alkyl halides is 3. The molecule has 9 heteroatoms. The zero-order valence-electron chi connectivity index (χ0n) is 15.8. The van der Waals surface area contributed by atoms with Gasteiger partial charge in [-0.3, -0.25) is 4.79 Å². The lowest BCUT2D eigenvalue weighted by atomic mass is 10.1. The maximum atomic E-state index is 13.2. The summed E-state index contributed by atoms with van der Waals surface area (Å²) in [5, 5.41) is 2.27. The molecule has 1 aliphatic rings. The van der Waals surface area contributed by atoms with Crippen LogP contribution >= 0.6 is 0 Å². The predicted octanol–water partition coefficient (Wildman–Crippen LogP) is 4.44. The summed E-state index contributed by atoms with van der Waals surface area (Å²) in [5.74, 6) is -0.796. The normalized spacial score (nSPS) is 15.9. The lowest BCUT2D eigenvalue weighted by molar-refractivity contribution is -0.136. The molecule has 1 N–H and O–H groups in total. The molecule has 156 valence electrons. The van der Waals surface area contributed by atoms with E-state index >= 15 is 0 Å². The highest BCUT2D eigenvalue weighted by Crippen LogP contribution is 2.35. The van der Waals surface area contributed by atoms with E-state index in [1.54, 1.807) is 6.92 Å². The van der Waals surface area contributed by atoms with Crippen molar-refractivity contribution in [3.63, 3.8) is 0 Å². The van der Waals surface area contributed by atoms with Crippen LogP contribution in [0, 0.1) is 6.92 Å². The van der Waals surface area contributed by atoms with Crippen molar-refractivity contribution in [2.75, 3.05) is 18.4 Å². The average molecular weight is 426 g/mol. The Kier molecular flexibility index (Phi) is 6.00. The van der Waals surface area contributed by atoms with E-state index in [1.807, 2.05) is 0 Å². The number of carbonyl (C=O) groups excluding carboxylic acids is 1. The summed E-state index contributed by atoms with van der Waals surface area (Å²) in [6.07, 6.45) is -2.12. The van der Waals surface area contributed by atoms with Crippen LogP contribution in [-0.4, -0.2) is 31.7 Å². The van der Waals surface area contributed by atoms with Crippen LogP contribution in [-0.2, 0) is 16.2 Å². The first-order chi connectivity index (χ1) is 13.6. The smallest absolute Gasteiger partial charge is 0.321 e. The molecule has 29 heavy (non-hydrogen) atoms. The molecule has 0 aromatic heterocycles. The molecule has 1 heterocycles. The number of hydrogen-bond donors (Lipinski definition) is 1. The van der Waals surface area contributed by atoms with Crippen LogP contribution < -0.4 is 5.32 Å². The fraction of sp³-hybridized carbons (Fsp3) is 0.350. The van der Waals surface area contributed by atoms with Gasteiger partial charge in [-0.25, -0.2) is 8.42 Å². The molecule has 0 unspecified atom stereocenters. The zero-order chi connectivity index (χ0) is 21.2. The third kappa shape index (κ3) is 4.62. The number of carbonyl (C=O) groups is 1. The molecule has 3 rings (SSSR count). The molecule has 0 atom stereocenters. The lowest BCUT2D eigenvalue weighted by Crippen LogP contribution is -2.35. The summed E-state index contributed by atoms with van der Waals surface area (Å²) in [7, 11) is -3.77. The van der Waals surface area contributed by atoms with E-state index in [4.69, 9.17) is 0 Å². The Morgan fingerprint density at radius 2 is 1.69 bits per heavy atom. The van der Waals surface area contributed by atoms with Gasteiger partial charge in [-0.15, -0.1) is 0 Å². The monoisotopic (exact) mass is 426 g/mol. The number of hydrogen-bond acceptors (Lipinski definition) is 3. The molecule has 1 fully saturated rings. The van der Waals surface area contributed by atoms with E-state index in [0.717, 1.165) is 31.4 Å². The molecule has 1 amide bonds. The van der Waals surface area contributed by atoms with Crippen LogP contribution in [0.3, 0.4) is 0 Å². The van der Waals surface area contributed by atoms with Gasteiger partial charge in [0.1, 0.15) is 0 Å². The van der Waals surface area contributed by atoms with Gasteiger partial charge in [0.15, 0.2) is 0 Å². The SMILES string of the molecule is Cc1ccc(S(=O)(=O)N2CCCCC2)cc1C(=O)Nc1ccccc1C(F)(F)F. The molecular formula is C20H21F3N2O3S. The van der Waals surface area contributed by atoms with E-state index in [1.165, 1.54) is 34.6 Å². The van der Waals surface area contributed by atoms with Gasteiger partial charge in [0.2, 0.25) is 10.0 Å². The van der Waals surface area contributed by atoms with Gasteiger partial charge in [-0.2, -0.15) is 17.5 Å². The molecule has 0 bridgehead atoms. The van der Waals surface area contributed by atoms with E-state index in [9.17, 15) is 26.4 Å². The minimum Gasteiger partial charge on any atom is -0.321 e. The maximum absolute atomic E-state index is 13.2. The molecule has 0 saturated carbocycles. The first-order valence-electron chi connectivity index (χ1n) is 9.19. The van der Waals surface area contributed by atoms with Crippen molar-refractivity contribution >= 4 is 21.6 Å². The van der Waals surface area contributed by atoms with Crippen LogP contribution in [0.25, 0.3) is 0 Å². The van der Waals surface area contributed by atoms with Crippen molar-refractivity contribution in [1.82, 2.24) is 4.31 Å². The van der Waals surface area contributed by atoms with Gasteiger partial charge < -0.3 is 5.32 Å². The molecule has 0 spiro atoms. The molecule has 2 aromatic carbocycles. The fourth-order valence-electron chi connectivity index (χ4n) is 3.29. The van der Waals surface area contributed by atoms with E-state index in [-0.39, 0.29) is 16.1 Å². The Morgan fingerprint density at radius 1 is 1.03 bits per heavy atom. The number of aryl methyl sites for hydroxylation is 1. The minimum absolute atomic E-state index is 0.0139. The van der Waals surface area contributed by atoms with Crippen LogP contribution in [0.4, 0.5) is 18.9 Å². The zero-order valence-corrected chi connectivity index (χ0v) is 16.6. The molecule has 5 nitrogen and oxygen atoms in total. The van der Waals surface area contributed by atoms with Crippen LogP contribution in [0.1, 0.15) is 40.7 Å². The summed E-state index contributed by atoms with van der Waals surface area (Å²) < 4.78 is 66.6. The average Bonchev–Trinajstić information content (AvgIpc) is 2.68. The van der Waals surface area contributed by atoms with Gasteiger partial charge in [-0.1, -0.05) is 24.6 Å². The number of benzene rings is 2. The minimum atomic E-state index is -4.63. The number of piperidine rings is 1. The topological polar surface area (TPSA) is 66.5 Å². The highest BCUT2D eigenvalue weighted by atomic mass is 32.2. The Balaban J connectivity index is 1.92. The summed E-state index contributed by atoms with van der Waals surface area (Å²) in [6, 6.07) is 8.78. The third-order valence-corrected chi connectivity index (χ3v) is 6.78. The summed E-state index contributed by atoms with van der Waals surface area (Å²) in [5.41, 5.74) is -0.874. The standard InChI is InChI=1S/C20H21F3N2O3S/c1-14-9-10-15(29(27,28)25-11-5-2-6-12-25)13-16(14)19(26)24-18-8-4-3-7-17(18)20(21,22)23/h3-4,7-10,13H,2,5-6,11-12H2,1H3,(H,24,26). The van der Waals surface area contributed by atoms with Crippen molar-refractivity contribution in [2.24, 2.45) is 0 Å². The number of nitrogens with one attached hydrogen (secondary N) is 1. The van der Waals surface area contributed by atoms with E-state index in [2.05, 4.69) is 5.32 Å². The number of amides is 1. The van der Waals surface area contributed by atoms with Gasteiger partial charge in [0, 0.05) is 18.7 Å². The lowest BCUT2D eigenvalue weighted by Gasteiger charge is -2.26. The van der Waals surface area contributed by atoms with Crippen molar-refractivity contribution < 1.29 is 26.4 Å². The number of halogens is 3. The summed E-state index contributed by atoms with van der Waals surface area (Å²) in [4.78, 5) is 12.6. The quantitative estimate of drug-likeness (QED) is 0.786. The van der Waals surface area contributed by atoms with E-state index in [0.29, 0.717) is 18.7 Å². The van der Waals surface area contributed by atoms with Crippen molar-refractivity contribution in [1.29, 1.82) is 0 Å². The summed E-state index contributed by atoms with van der Waals surface area (Å²) >= 11 is 0. The predicted molar refractivity (Wildman–Crippen MR) is 103 cm³/mol. The number of anilines is 1.